The summed E-state index contributed by atoms with van der Waals surface area (Å²) in [6.45, 7) is 4.37. The van der Waals surface area contributed by atoms with E-state index in [1.807, 2.05) is 25.1 Å². The molecule has 3 rings (SSSR count). The van der Waals surface area contributed by atoms with Crippen LogP contribution in [0.5, 0.6) is 5.75 Å². The number of amides is 2. The number of hydrogen-bond donors (Lipinski definition) is 1. The highest BCUT2D eigenvalue weighted by Crippen LogP contribution is 2.26. The van der Waals surface area contributed by atoms with E-state index in [1.54, 1.807) is 4.90 Å². The smallest absolute Gasteiger partial charge is 0.406 e. The van der Waals surface area contributed by atoms with Crippen molar-refractivity contribution >= 4 is 29.0 Å². The SMILES string of the molecule is Cc1ccc(Cl)cc1N1CCN(C(=O)Nc2ccc(OC(F)(F)F)cc2)CC1. The second-order valence-electron chi connectivity index (χ2n) is 6.41. The van der Waals surface area contributed by atoms with Gasteiger partial charge in [-0.15, -0.1) is 13.2 Å². The van der Waals surface area contributed by atoms with Gasteiger partial charge in [0.05, 0.1) is 0 Å². The highest BCUT2D eigenvalue weighted by atomic mass is 35.5. The van der Waals surface area contributed by atoms with E-state index < -0.39 is 6.36 Å². The lowest BCUT2D eigenvalue weighted by molar-refractivity contribution is -0.274. The lowest BCUT2D eigenvalue weighted by atomic mass is 10.1. The van der Waals surface area contributed by atoms with Crippen LogP contribution in [0.4, 0.5) is 29.3 Å². The summed E-state index contributed by atoms with van der Waals surface area (Å²) < 4.78 is 40.4. The number of carbonyl (C=O) groups excluding carboxylic acids is 1. The van der Waals surface area contributed by atoms with Crippen molar-refractivity contribution < 1.29 is 22.7 Å². The molecule has 1 heterocycles. The van der Waals surface area contributed by atoms with E-state index in [-0.39, 0.29) is 11.8 Å². The molecule has 0 radical (unpaired) electrons. The fourth-order valence-electron chi connectivity index (χ4n) is 3.02. The number of carbonyl (C=O) groups is 1. The van der Waals surface area contributed by atoms with Gasteiger partial charge in [0.1, 0.15) is 5.75 Å². The molecule has 1 saturated heterocycles. The standard InChI is InChI=1S/C19H19ClF3N3O2/c1-13-2-3-14(20)12-17(13)25-8-10-26(11-9-25)18(27)24-15-4-6-16(7-5-15)28-19(21,22)23/h2-7,12H,8-11H2,1H3,(H,24,27). The zero-order chi connectivity index (χ0) is 20.3. The average Bonchev–Trinajstić information content (AvgIpc) is 2.64. The van der Waals surface area contributed by atoms with Gasteiger partial charge in [-0.25, -0.2) is 4.79 Å². The van der Waals surface area contributed by atoms with Crippen molar-refractivity contribution in [3.05, 3.63) is 53.1 Å². The maximum absolute atomic E-state index is 12.4. The zero-order valence-corrected chi connectivity index (χ0v) is 15.8. The van der Waals surface area contributed by atoms with Crippen LogP contribution in [0.25, 0.3) is 0 Å². The molecule has 1 fully saturated rings. The van der Waals surface area contributed by atoms with E-state index in [4.69, 9.17) is 11.6 Å². The van der Waals surface area contributed by atoms with E-state index in [2.05, 4.69) is 15.0 Å². The Morgan fingerprint density at radius 2 is 1.71 bits per heavy atom. The first-order chi connectivity index (χ1) is 13.2. The van der Waals surface area contributed by atoms with Gasteiger partial charge in [0.25, 0.3) is 0 Å². The minimum Gasteiger partial charge on any atom is -0.406 e. The number of aryl methyl sites for hydroxylation is 1. The van der Waals surface area contributed by atoms with Crippen molar-refractivity contribution in [2.24, 2.45) is 0 Å². The van der Waals surface area contributed by atoms with Gasteiger partial charge in [-0.05, 0) is 48.9 Å². The summed E-state index contributed by atoms with van der Waals surface area (Å²) in [6.07, 6.45) is -4.74. The molecule has 0 atom stereocenters. The number of ether oxygens (including phenoxy) is 1. The Bertz CT molecular complexity index is 835. The van der Waals surface area contributed by atoms with Gasteiger partial charge in [-0.3, -0.25) is 0 Å². The molecule has 2 aromatic rings. The molecule has 0 saturated carbocycles. The third kappa shape index (κ3) is 5.22. The summed E-state index contributed by atoms with van der Waals surface area (Å²) in [5, 5.41) is 3.35. The molecule has 2 aromatic carbocycles. The van der Waals surface area contributed by atoms with Crippen LogP contribution in [0.3, 0.4) is 0 Å². The summed E-state index contributed by atoms with van der Waals surface area (Å²) in [5.74, 6) is -0.337. The summed E-state index contributed by atoms with van der Waals surface area (Å²) in [7, 11) is 0. The number of hydrogen-bond acceptors (Lipinski definition) is 3. The highest BCUT2D eigenvalue weighted by molar-refractivity contribution is 6.30. The van der Waals surface area contributed by atoms with Crippen molar-refractivity contribution in [2.45, 2.75) is 13.3 Å². The third-order valence-corrected chi connectivity index (χ3v) is 4.65. The predicted octanol–water partition coefficient (Wildman–Crippen LogP) is 4.90. The van der Waals surface area contributed by atoms with Crippen LogP contribution in [0, 0.1) is 6.92 Å². The first-order valence-electron chi connectivity index (χ1n) is 8.64. The van der Waals surface area contributed by atoms with Crippen molar-refractivity contribution in [1.29, 1.82) is 0 Å². The highest BCUT2D eigenvalue weighted by Gasteiger charge is 2.31. The topological polar surface area (TPSA) is 44.8 Å². The molecule has 0 unspecified atom stereocenters. The van der Waals surface area contributed by atoms with Crippen LogP contribution in [0.2, 0.25) is 5.02 Å². The number of anilines is 2. The van der Waals surface area contributed by atoms with E-state index in [9.17, 15) is 18.0 Å². The van der Waals surface area contributed by atoms with E-state index >= 15 is 0 Å². The molecule has 9 heteroatoms. The van der Waals surface area contributed by atoms with Crippen LogP contribution < -0.4 is 15.0 Å². The fraction of sp³-hybridized carbons (Fsp3) is 0.316. The number of urea groups is 1. The normalized spacial score (nSPS) is 14.8. The van der Waals surface area contributed by atoms with Gasteiger partial charge in [-0.1, -0.05) is 17.7 Å². The average molecular weight is 414 g/mol. The molecular formula is C19H19ClF3N3O2. The maximum Gasteiger partial charge on any atom is 0.573 e. The summed E-state index contributed by atoms with van der Waals surface area (Å²) in [4.78, 5) is 16.2. The second kappa shape index (κ2) is 8.18. The zero-order valence-electron chi connectivity index (χ0n) is 15.1. The number of nitrogens with zero attached hydrogens (tertiary/aromatic N) is 2. The largest absolute Gasteiger partial charge is 0.573 e. The van der Waals surface area contributed by atoms with Crippen LogP contribution >= 0.6 is 11.6 Å². The molecule has 150 valence electrons. The Morgan fingerprint density at radius 3 is 2.32 bits per heavy atom. The molecule has 0 aromatic heterocycles. The quantitative estimate of drug-likeness (QED) is 0.778. The lowest BCUT2D eigenvalue weighted by Gasteiger charge is -2.36. The first-order valence-corrected chi connectivity index (χ1v) is 9.02. The molecule has 28 heavy (non-hydrogen) atoms. The number of benzene rings is 2. The molecule has 5 nitrogen and oxygen atoms in total. The summed E-state index contributed by atoms with van der Waals surface area (Å²) in [6, 6.07) is 10.5. The van der Waals surface area contributed by atoms with Crippen LogP contribution in [0.1, 0.15) is 5.56 Å². The minimum absolute atomic E-state index is 0.299. The van der Waals surface area contributed by atoms with Gasteiger partial charge < -0.3 is 19.9 Å². The first kappa shape index (κ1) is 20.1. The molecule has 1 aliphatic rings. The maximum atomic E-state index is 12.4. The Balaban J connectivity index is 1.54. The van der Waals surface area contributed by atoms with Gasteiger partial charge in [0.2, 0.25) is 0 Å². The van der Waals surface area contributed by atoms with Crippen LogP contribution in [-0.4, -0.2) is 43.5 Å². The molecule has 1 N–H and O–H groups in total. The van der Waals surface area contributed by atoms with E-state index in [0.29, 0.717) is 36.9 Å². The van der Waals surface area contributed by atoms with Crippen molar-refractivity contribution in [3.8, 4) is 5.75 Å². The second-order valence-corrected chi connectivity index (χ2v) is 6.84. The van der Waals surface area contributed by atoms with Crippen LogP contribution in [0.15, 0.2) is 42.5 Å². The predicted molar refractivity (Wildman–Crippen MR) is 102 cm³/mol. The van der Waals surface area contributed by atoms with Crippen molar-refractivity contribution in [1.82, 2.24) is 4.90 Å². The Hall–Kier alpha value is -2.61. The van der Waals surface area contributed by atoms with Crippen molar-refractivity contribution in [3.63, 3.8) is 0 Å². The van der Waals surface area contributed by atoms with Crippen LogP contribution in [-0.2, 0) is 0 Å². The third-order valence-electron chi connectivity index (χ3n) is 4.42. The van der Waals surface area contributed by atoms with Gasteiger partial charge in [0, 0.05) is 42.6 Å². The van der Waals surface area contributed by atoms with Gasteiger partial charge >= 0.3 is 12.4 Å². The van der Waals surface area contributed by atoms with Crippen molar-refractivity contribution in [2.75, 3.05) is 36.4 Å². The number of halogens is 4. The Morgan fingerprint density at radius 1 is 1.07 bits per heavy atom. The Kier molecular flexibility index (Phi) is 5.88. The van der Waals surface area contributed by atoms with E-state index in [0.717, 1.165) is 23.4 Å². The molecule has 2 amide bonds. The van der Waals surface area contributed by atoms with Gasteiger partial charge in [-0.2, -0.15) is 0 Å². The number of rotatable bonds is 3. The number of nitrogens with one attached hydrogen (secondary N) is 1. The molecule has 0 spiro atoms. The molecule has 1 aliphatic heterocycles. The van der Waals surface area contributed by atoms with E-state index in [1.165, 1.54) is 12.1 Å². The van der Waals surface area contributed by atoms with Gasteiger partial charge in [0.15, 0.2) is 0 Å². The lowest BCUT2D eigenvalue weighted by Crippen LogP contribution is -2.50. The monoisotopic (exact) mass is 413 g/mol. The fourth-order valence-corrected chi connectivity index (χ4v) is 3.18. The minimum atomic E-state index is -4.74. The summed E-state index contributed by atoms with van der Waals surface area (Å²) >= 11 is 6.08. The molecule has 0 bridgehead atoms. The number of alkyl halides is 3. The number of piperazine rings is 1. The molecular weight excluding hydrogens is 395 g/mol. The Labute approximate surface area is 165 Å². The summed E-state index contributed by atoms with van der Waals surface area (Å²) in [5.41, 5.74) is 2.56. The molecule has 0 aliphatic carbocycles.